The van der Waals surface area contributed by atoms with Gasteiger partial charge in [0.2, 0.25) is 0 Å². The van der Waals surface area contributed by atoms with E-state index in [1.165, 1.54) is 0 Å². The molecule has 0 aliphatic carbocycles. The first-order chi connectivity index (χ1) is 10.2. The molecule has 3 rings (SSSR count). The zero-order chi connectivity index (χ0) is 14.8. The maximum absolute atomic E-state index is 11.6. The van der Waals surface area contributed by atoms with Crippen LogP contribution < -0.4 is 10.6 Å². The van der Waals surface area contributed by atoms with Crippen LogP contribution in [0.25, 0.3) is 11.3 Å². The Bertz CT molecular complexity index is 637. The number of rotatable bonds is 3. The van der Waals surface area contributed by atoms with Crippen molar-refractivity contribution in [3.8, 4) is 11.3 Å². The maximum atomic E-state index is 11.6. The van der Waals surface area contributed by atoms with Gasteiger partial charge in [-0.1, -0.05) is 35.5 Å². The predicted octanol–water partition coefficient (Wildman–Crippen LogP) is 2.39. The van der Waals surface area contributed by atoms with Gasteiger partial charge < -0.3 is 20.3 Å². The van der Waals surface area contributed by atoms with Crippen LogP contribution in [0.2, 0.25) is 0 Å². The molecule has 1 fully saturated rings. The summed E-state index contributed by atoms with van der Waals surface area (Å²) in [4.78, 5) is 13.6. The number of benzene rings is 1. The van der Waals surface area contributed by atoms with Crippen molar-refractivity contribution in [3.63, 3.8) is 0 Å². The highest BCUT2D eigenvalue weighted by molar-refractivity contribution is 5.99. The number of halogens is 1. The second-order valence-electron chi connectivity index (χ2n) is 5.21. The first kappa shape index (κ1) is 16.3. The van der Waals surface area contributed by atoms with E-state index in [0.29, 0.717) is 30.2 Å². The van der Waals surface area contributed by atoms with Crippen molar-refractivity contribution >= 4 is 24.2 Å². The molecule has 0 atom stereocenters. The lowest BCUT2D eigenvalue weighted by atomic mass is 10.0. The van der Waals surface area contributed by atoms with Gasteiger partial charge in [-0.25, -0.2) is 4.79 Å². The molecule has 0 radical (unpaired) electrons. The van der Waals surface area contributed by atoms with Crippen molar-refractivity contribution in [1.82, 2.24) is 5.16 Å². The average molecular weight is 324 g/mol. The van der Waals surface area contributed by atoms with E-state index in [9.17, 15) is 9.90 Å². The molecule has 1 saturated heterocycles. The first-order valence-electron chi connectivity index (χ1n) is 6.95. The van der Waals surface area contributed by atoms with Gasteiger partial charge in [0.05, 0.1) is 0 Å². The van der Waals surface area contributed by atoms with E-state index >= 15 is 0 Å². The third kappa shape index (κ3) is 3.08. The van der Waals surface area contributed by atoms with Crippen LogP contribution in [0.5, 0.6) is 0 Å². The third-order valence-electron chi connectivity index (χ3n) is 3.76. The first-order valence-corrected chi connectivity index (χ1v) is 6.95. The molecule has 1 aromatic carbocycles. The zero-order valence-electron chi connectivity index (χ0n) is 11.9. The molecule has 0 amide bonds. The highest BCUT2D eigenvalue weighted by Gasteiger charge is 2.29. The number of aromatic carboxylic acids is 1. The summed E-state index contributed by atoms with van der Waals surface area (Å²) >= 11 is 0. The highest BCUT2D eigenvalue weighted by atomic mass is 35.5. The Morgan fingerprint density at radius 1 is 1.27 bits per heavy atom. The van der Waals surface area contributed by atoms with E-state index in [-0.39, 0.29) is 24.0 Å². The number of nitrogens with two attached hydrogens (primary N) is 1. The Kier molecular flexibility index (Phi) is 5.05. The van der Waals surface area contributed by atoms with Crippen molar-refractivity contribution in [2.75, 3.05) is 18.0 Å². The van der Waals surface area contributed by atoms with Crippen LogP contribution in [0.1, 0.15) is 23.2 Å². The molecule has 22 heavy (non-hydrogen) atoms. The van der Waals surface area contributed by atoms with Crippen molar-refractivity contribution in [2.45, 2.75) is 18.9 Å². The molecular weight excluding hydrogens is 306 g/mol. The fraction of sp³-hybridized carbons (Fsp3) is 0.333. The van der Waals surface area contributed by atoms with E-state index in [4.69, 9.17) is 10.3 Å². The van der Waals surface area contributed by atoms with Gasteiger partial charge in [-0.3, -0.25) is 0 Å². The standard InChI is InChI=1S/C15H17N3O3.ClH/c16-11-6-8-18(9-7-11)14-12(15(19)20)13(21-17-14)10-4-2-1-3-5-10;/h1-5,11H,6-9,16H2,(H,19,20);1H. The molecule has 0 saturated carbocycles. The molecule has 1 aliphatic heterocycles. The number of hydrogen-bond donors (Lipinski definition) is 2. The number of piperidine rings is 1. The fourth-order valence-corrected chi connectivity index (χ4v) is 2.59. The summed E-state index contributed by atoms with van der Waals surface area (Å²) in [6.07, 6.45) is 1.65. The molecule has 0 bridgehead atoms. The monoisotopic (exact) mass is 323 g/mol. The topological polar surface area (TPSA) is 92.6 Å². The average Bonchev–Trinajstić information content (AvgIpc) is 2.94. The summed E-state index contributed by atoms with van der Waals surface area (Å²) in [6.45, 7) is 1.39. The Balaban J connectivity index is 0.00000176. The SMILES string of the molecule is Cl.NC1CCN(c2noc(-c3ccccc3)c2C(=O)O)CC1. The van der Waals surface area contributed by atoms with Crippen LogP contribution >= 0.6 is 12.4 Å². The van der Waals surface area contributed by atoms with Crippen LogP contribution in [0.4, 0.5) is 5.82 Å². The van der Waals surface area contributed by atoms with Crippen molar-refractivity contribution in [3.05, 3.63) is 35.9 Å². The lowest BCUT2D eigenvalue weighted by Gasteiger charge is -2.30. The molecule has 118 valence electrons. The minimum Gasteiger partial charge on any atom is -0.477 e. The Morgan fingerprint density at radius 3 is 2.50 bits per heavy atom. The van der Waals surface area contributed by atoms with Gasteiger partial charge >= 0.3 is 5.97 Å². The number of aromatic nitrogens is 1. The molecule has 6 nitrogen and oxygen atoms in total. The fourth-order valence-electron chi connectivity index (χ4n) is 2.59. The summed E-state index contributed by atoms with van der Waals surface area (Å²) in [5.41, 5.74) is 6.71. The Hall–Kier alpha value is -2.05. The largest absolute Gasteiger partial charge is 0.477 e. The van der Waals surface area contributed by atoms with Crippen LogP contribution in [-0.4, -0.2) is 35.4 Å². The summed E-state index contributed by atoms with van der Waals surface area (Å²) in [5.74, 6) is -0.332. The molecule has 1 aliphatic rings. The van der Waals surface area contributed by atoms with Crippen molar-refractivity contribution in [1.29, 1.82) is 0 Å². The van der Waals surface area contributed by atoms with Crippen molar-refractivity contribution < 1.29 is 14.4 Å². The normalized spacial score (nSPS) is 15.4. The molecule has 1 aromatic heterocycles. The molecule has 2 heterocycles. The number of hydrogen-bond acceptors (Lipinski definition) is 5. The lowest BCUT2D eigenvalue weighted by molar-refractivity contribution is 0.0697. The minimum absolute atomic E-state index is 0. The quantitative estimate of drug-likeness (QED) is 0.901. The summed E-state index contributed by atoms with van der Waals surface area (Å²) in [7, 11) is 0. The van der Waals surface area contributed by atoms with E-state index in [1.807, 2.05) is 35.2 Å². The predicted molar refractivity (Wildman–Crippen MR) is 85.6 cm³/mol. The molecule has 0 spiro atoms. The third-order valence-corrected chi connectivity index (χ3v) is 3.76. The maximum Gasteiger partial charge on any atom is 0.343 e. The molecule has 0 unspecified atom stereocenters. The van der Waals surface area contributed by atoms with E-state index < -0.39 is 5.97 Å². The van der Waals surface area contributed by atoms with Gasteiger partial charge in [0, 0.05) is 24.7 Å². The minimum atomic E-state index is -1.03. The van der Waals surface area contributed by atoms with Gasteiger partial charge in [-0.2, -0.15) is 0 Å². The summed E-state index contributed by atoms with van der Waals surface area (Å²) < 4.78 is 5.32. The summed E-state index contributed by atoms with van der Waals surface area (Å²) in [6, 6.07) is 9.33. The van der Waals surface area contributed by atoms with Crippen LogP contribution in [0.15, 0.2) is 34.9 Å². The summed E-state index contributed by atoms with van der Waals surface area (Å²) in [5, 5.41) is 13.5. The number of nitrogens with zero attached hydrogens (tertiary/aromatic N) is 2. The van der Waals surface area contributed by atoms with Gasteiger partial charge in [0.25, 0.3) is 0 Å². The van der Waals surface area contributed by atoms with Gasteiger partial charge in [0.15, 0.2) is 17.1 Å². The van der Waals surface area contributed by atoms with Crippen LogP contribution in [0, 0.1) is 0 Å². The van der Waals surface area contributed by atoms with E-state index in [0.717, 1.165) is 12.8 Å². The molecule has 3 N–H and O–H groups in total. The zero-order valence-corrected chi connectivity index (χ0v) is 12.8. The molecule has 7 heteroatoms. The van der Waals surface area contributed by atoms with Gasteiger partial charge in [-0.05, 0) is 12.8 Å². The van der Waals surface area contributed by atoms with Crippen LogP contribution in [0.3, 0.4) is 0 Å². The number of anilines is 1. The highest BCUT2D eigenvalue weighted by Crippen LogP contribution is 2.32. The smallest absolute Gasteiger partial charge is 0.343 e. The Labute approximate surface area is 134 Å². The van der Waals surface area contributed by atoms with Gasteiger partial charge in [-0.15, -0.1) is 12.4 Å². The number of carboxylic acids is 1. The number of carboxylic acid groups (broad SMARTS) is 1. The molecule has 2 aromatic rings. The number of carbonyl (C=O) groups is 1. The van der Waals surface area contributed by atoms with Gasteiger partial charge in [0.1, 0.15) is 0 Å². The lowest BCUT2D eigenvalue weighted by Crippen LogP contribution is -2.40. The van der Waals surface area contributed by atoms with E-state index in [1.54, 1.807) is 0 Å². The van der Waals surface area contributed by atoms with Crippen LogP contribution in [-0.2, 0) is 0 Å². The second-order valence-corrected chi connectivity index (χ2v) is 5.21. The second kappa shape index (κ2) is 6.81. The van der Waals surface area contributed by atoms with E-state index in [2.05, 4.69) is 5.16 Å². The Morgan fingerprint density at radius 2 is 1.91 bits per heavy atom. The van der Waals surface area contributed by atoms with Crippen molar-refractivity contribution in [2.24, 2.45) is 5.73 Å². The molecular formula is C15H18ClN3O3.